The summed E-state index contributed by atoms with van der Waals surface area (Å²) in [5, 5.41) is 4.63. The molecule has 0 bridgehead atoms. The van der Waals surface area contributed by atoms with Gasteiger partial charge in [-0.15, -0.1) is 0 Å². The zero-order valence-electron chi connectivity index (χ0n) is 15.2. The van der Waals surface area contributed by atoms with Crippen molar-refractivity contribution in [1.82, 2.24) is 5.32 Å². The molecular weight excluding hydrogens is 375 g/mol. The van der Waals surface area contributed by atoms with E-state index in [0.717, 1.165) is 5.56 Å². The van der Waals surface area contributed by atoms with Gasteiger partial charge in [0.25, 0.3) is 0 Å². The van der Waals surface area contributed by atoms with E-state index in [-0.39, 0.29) is 18.8 Å². The van der Waals surface area contributed by atoms with Crippen molar-refractivity contribution in [3.05, 3.63) is 48.0 Å². The van der Waals surface area contributed by atoms with Gasteiger partial charge in [-0.3, -0.25) is 0 Å². The first-order valence-corrected chi connectivity index (χ1v) is 9.10. The summed E-state index contributed by atoms with van der Waals surface area (Å²) in [4.78, 5) is 11.1. The molecule has 3 rings (SSSR count). The van der Waals surface area contributed by atoms with Gasteiger partial charge in [-0.1, -0.05) is 42.5 Å². The number of hydrogen-bond acceptors (Lipinski definition) is 4. The molecule has 0 saturated carbocycles. The van der Waals surface area contributed by atoms with Gasteiger partial charge in [0.1, 0.15) is 0 Å². The number of hydrogen-bond donors (Lipinski definition) is 1. The molecule has 0 aliphatic carbocycles. The van der Waals surface area contributed by atoms with E-state index in [1.807, 2.05) is 12.1 Å². The van der Waals surface area contributed by atoms with E-state index >= 15 is 0 Å². The second kappa shape index (κ2) is 9.25. The predicted molar refractivity (Wildman–Crippen MR) is 97.0 cm³/mol. The Morgan fingerprint density at radius 1 is 1.11 bits per heavy atom. The van der Waals surface area contributed by atoms with Gasteiger partial charge in [-0.25, -0.2) is 4.79 Å². The van der Waals surface area contributed by atoms with E-state index in [2.05, 4.69) is 40.4 Å². The molecule has 1 aliphatic heterocycles. The van der Waals surface area contributed by atoms with Crippen molar-refractivity contribution in [3.8, 4) is 0 Å². The highest BCUT2D eigenvalue weighted by molar-refractivity contribution is 5.83. The number of benzene rings is 2. The van der Waals surface area contributed by atoms with E-state index in [1.54, 1.807) is 0 Å². The molecule has 0 aromatic heterocycles. The molecule has 0 radical (unpaired) electrons. The summed E-state index contributed by atoms with van der Waals surface area (Å²) in [6.45, 7) is -0.341. The lowest BCUT2D eigenvalue weighted by atomic mass is 9.97. The Labute approximate surface area is 160 Å². The van der Waals surface area contributed by atoms with Gasteiger partial charge < -0.3 is 19.5 Å². The van der Waals surface area contributed by atoms with Crippen LogP contribution in [0.3, 0.4) is 0 Å². The van der Waals surface area contributed by atoms with E-state index in [0.29, 0.717) is 26.1 Å². The van der Waals surface area contributed by atoms with Crippen LogP contribution in [0.25, 0.3) is 10.8 Å². The third-order valence-electron chi connectivity index (χ3n) is 4.46. The minimum atomic E-state index is -4.53. The largest absolute Gasteiger partial charge is 0.440 e. The summed E-state index contributed by atoms with van der Waals surface area (Å²) < 4.78 is 51.4. The normalized spacial score (nSPS) is 20.1. The van der Waals surface area contributed by atoms with E-state index in [1.165, 1.54) is 10.8 Å². The van der Waals surface area contributed by atoms with Gasteiger partial charge in [-0.2, -0.15) is 13.2 Å². The number of halogens is 3. The third-order valence-corrected chi connectivity index (χ3v) is 4.46. The van der Waals surface area contributed by atoms with Crippen LogP contribution in [-0.4, -0.2) is 44.9 Å². The number of alkyl halides is 3. The SMILES string of the molecule is O=C(NCCC[C@H]1OC[C@H](c2ccc3ccccc3c2)CO1)OCC(F)(F)F. The fraction of sp³-hybridized carbons (Fsp3) is 0.450. The maximum absolute atomic E-state index is 11.9. The molecular formula is C20H22F3NO4. The van der Waals surface area contributed by atoms with Gasteiger partial charge in [0.15, 0.2) is 12.9 Å². The highest BCUT2D eigenvalue weighted by Gasteiger charge is 2.29. The van der Waals surface area contributed by atoms with Crippen molar-refractivity contribution in [3.63, 3.8) is 0 Å². The summed E-state index contributed by atoms with van der Waals surface area (Å²) in [5.74, 6) is 0.149. The van der Waals surface area contributed by atoms with Crippen LogP contribution in [0.5, 0.6) is 0 Å². The number of nitrogens with one attached hydrogen (secondary N) is 1. The van der Waals surface area contributed by atoms with Crippen LogP contribution in [-0.2, 0) is 14.2 Å². The number of alkyl carbamates (subject to hydrolysis) is 1. The summed E-state index contributed by atoms with van der Waals surface area (Å²) in [5.41, 5.74) is 1.16. The molecule has 1 fully saturated rings. The van der Waals surface area contributed by atoms with Gasteiger partial charge >= 0.3 is 12.3 Å². The van der Waals surface area contributed by atoms with Crippen molar-refractivity contribution >= 4 is 16.9 Å². The highest BCUT2D eigenvalue weighted by atomic mass is 19.4. The molecule has 1 N–H and O–H groups in total. The summed E-state index contributed by atoms with van der Waals surface area (Å²) in [7, 11) is 0. The van der Waals surface area contributed by atoms with E-state index < -0.39 is 18.9 Å². The van der Waals surface area contributed by atoms with Gasteiger partial charge in [0.2, 0.25) is 0 Å². The average molecular weight is 397 g/mol. The number of ether oxygens (including phenoxy) is 3. The van der Waals surface area contributed by atoms with Crippen LogP contribution in [0, 0.1) is 0 Å². The number of carbonyl (C=O) groups is 1. The Morgan fingerprint density at radius 2 is 1.82 bits per heavy atom. The fourth-order valence-corrected chi connectivity index (χ4v) is 3.02. The lowest BCUT2D eigenvalue weighted by molar-refractivity contribution is -0.190. The highest BCUT2D eigenvalue weighted by Crippen LogP contribution is 2.26. The Morgan fingerprint density at radius 3 is 2.54 bits per heavy atom. The van der Waals surface area contributed by atoms with E-state index in [9.17, 15) is 18.0 Å². The third kappa shape index (κ3) is 6.10. The van der Waals surface area contributed by atoms with Crippen molar-refractivity contribution < 1.29 is 32.2 Å². The maximum atomic E-state index is 11.9. The zero-order valence-corrected chi connectivity index (χ0v) is 15.2. The zero-order chi connectivity index (χ0) is 20.0. The van der Waals surface area contributed by atoms with Crippen molar-refractivity contribution in [2.75, 3.05) is 26.4 Å². The first-order chi connectivity index (χ1) is 13.4. The Hall–Kier alpha value is -2.32. The lowest BCUT2D eigenvalue weighted by Gasteiger charge is -2.30. The molecule has 1 amide bonds. The summed E-state index contributed by atoms with van der Waals surface area (Å²) in [6, 6.07) is 14.4. The van der Waals surface area contributed by atoms with Crippen molar-refractivity contribution in [1.29, 1.82) is 0 Å². The van der Waals surface area contributed by atoms with Crippen LogP contribution in [0.1, 0.15) is 24.3 Å². The molecule has 8 heteroatoms. The van der Waals surface area contributed by atoms with Gasteiger partial charge in [0, 0.05) is 18.9 Å². The topological polar surface area (TPSA) is 56.8 Å². The Bertz CT molecular complexity index is 788. The number of amides is 1. The predicted octanol–water partition coefficient (Wildman–Crippen LogP) is 4.37. The van der Waals surface area contributed by atoms with Crippen LogP contribution in [0.2, 0.25) is 0 Å². The maximum Gasteiger partial charge on any atom is 0.422 e. The second-order valence-electron chi connectivity index (χ2n) is 6.66. The van der Waals surface area contributed by atoms with Crippen LogP contribution in [0.15, 0.2) is 42.5 Å². The van der Waals surface area contributed by atoms with E-state index in [4.69, 9.17) is 9.47 Å². The smallest absolute Gasteiger partial charge is 0.422 e. The van der Waals surface area contributed by atoms with Crippen LogP contribution >= 0.6 is 0 Å². The summed E-state index contributed by atoms with van der Waals surface area (Å²) >= 11 is 0. The molecule has 1 heterocycles. The van der Waals surface area contributed by atoms with Crippen molar-refractivity contribution in [2.45, 2.75) is 31.2 Å². The van der Waals surface area contributed by atoms with Gasteiger partial charge in [-0.05, 0) is 22.8 Å². The molecule has 152 valence electrons. The summed E-state index contributed by atoms with van der Waals surface area (Å²) in [6.07, 6.45) is -4.96. The number of carbonyl (C=O) groups excluding carboxylic acids is 1. The lowest BCUT2D eigenvalue weighted by Crippen LogP contribution is -2.33. The molecule has 0 spiro atoms. The molecule has 1 aliphatic rings. The molecule has 2 aromatic carbocycles. The molecule has 0 atom stereocenters. The quantitative estimate of drug-likeness (QED) is 0.736. The first-order valence-electron chi connectivity index (χ1n) is 9.10. The second-order valence-corrected chi connectivity index (χ2v) is 6.66. The van der Waals surface area contributed by atoms with Crippen molar-refractivity contribution in [2.24, 2.45) is 0 Å². The standard InChI is InChI=1S/C20H22F3NO4/c21-20(22,23)13-28-19(25)24-9-3-6-18-26-11-17(12-27-18)16-8-7-14-4-1-2-5-15(14)10-16/h1-2,4-5,7-8,10,17-18H,3,6,9,11-13H2,(H,24,25)/t17-,18-. The monoisotopic (exact) mass is 397 g/mol. The number of rotatable bonds is 6. The average Bonchev–Trinajstić information content (AvgIpc) is 2.69. The molecule has 2 aromatic rings. The van der Waals surface area contributed by atoms with Crippen LogP contribution < -0.4 is 5.32 Å². The Kier molecular flexibility index (Phi) is 6.74. The Balaban J connectivity index is 1.35. The fourth-order valence-electron chi connectivity index (χ4n) is 3.02. The molecule has 0 unspecified atom stereocenters. The first kappa shape index (κ1) is 20.4. The minimum absolute atomic E-state index is 0.149. The number of fused-ring (bicyclic) bond motifs is 1. The van der Waals surface area contributed by atoms with Crippen LogP contribution in [0.4, 0.5) is 18.0 Å². The molecule has 5 nitrogen and oxygen atoms in total. The van der Waals surface area contributed by atoms with Gasteiger partial charge in [0.05, 0.1) is 13.2 Å². The minimum Gasteiger partial charge on any atom is -0.440 e. The molecule has 28 heavy (non-hydrogen) atoms. The molecule has 1 saturated heterocycles.